The zero-order valence-corrected chi connectivity index (χ0v) is 12.1. The molecule has 104 valence electrons. The molecule has 0 bridgehead atoms. The summed E-state index contributed by atoms with van der Waals surface area (Å²) in [6.45, 7) is 0.543. The van der Waals surface area contributed by atoms with Crippen LogP contribution in [-0.2, 0) is 17.8 Å². The summed E-state index contributed by atoms with van der Waals surface area (Å²) in [5, 5.41) is 0.680. The van der Waals surface area contributed by atoms with Crippen molar-refractivity contribution < 1.29 is 4.79 Å². The SMILES string of the molecule is CN(Cc1cccc(Cl)c1)C(=O)Cc1cccc(N)c1. The molecule has 0 unspecified atom stereocenters. The van der Waals surface area contributed by atoms with Gasteiger partial charge < -0.3 is 10.6 Å². The maximum atomic E-state index is 12.2. The summed E-state index contributed by atoms with van der Waals surface area (Å²) in [7, 11) is 1.79. The third kappa shape index (κ3) is 4.00. The largest absolute Gasteiger partial charge is 0.399 e. The lowest BCUT2D eigenvalue weighted by Gasteiger charge is -2.17. The molecule has 3 nitrogen and oxygen atoms in total. The fraction of sp³-hybridized carbons (Fsp3) is 0.188. The van der Waals surface area contributed by atoms with Gasteiger partial charge in [0.15, 0.2) is 0 Å². The smallest absolute Gasteiger partial charge is 0.227 e. The van der Waals surface area contributed by atoms with Crippen molar-refractivity contribution in [3.63, 3.8) is 0 Å². The number of hydrogen-bond donors (Lipinski definition) is 1. The first-order valence-corrected chi connectivity index (χ1v) is 6.75. The van der Waals surface area contributed by atoms with E-state index >= 15 is 0 Å². The van der Waals surface area contributed by atoms with Crippen LogP contribution in [0.25, 0.3) is 0 Å². The summed E-state index contributed by atoms with van der Waals surface area (Å²) < 4.78 is 0. The Balaban J connectivity index is 1.98. The van der Waals surface area contributed by atoms with Gasteiger partial charge in [-0.05, 0) is 35.4 Å². The van der Waals surface area contributed by atoms with Crippen molar-refractivity contribution in [2.75, 3.05) is 12.8 Å². The molecular weight excluding hydrogens is 272 g/mol. The first-order chi connectivity index (χ1) is 9.54. The summed E-state index contributed by atoms with van der Waals surface area (Å²) in [4.78, 5) is 13.9. The Morgan fingerprint density at radius 3 is 2.55 bits per heavy atom. The van der Waals surface area contributed by atoms with Gasteiger partial charge in [0.05, 0.1) is 6.42 Å². The van der Waals surface area contributed by atoms with Gasteiger partial charge in [-0.2, -0.15) is 0 Å². The van der Waals surface area contributed by atoms with E-state index < -0.39 is 0 Å². The number of benzene rings is 2. The third-order valence-electron chi connectivity index (χ3n) is 3.04. The summed E-state index contributed by atoms with van der Waals surface area (Å²) in [5.41, 5.74) is 8.32. The predicted octanol–water partition coefficient (Wildman–Crippen LogP) is 3.12. The highest BCUT2D eigenvalue weighted by Gasteiger charge is 2.10. The molecule has 2 N–H and O–H groups in total. The number of carbonyl (C=O) groups excluding carboxylic acids is 1. The number of likely N-dealkylation sites (N-methyl/N-ethyl adjacent to an activating group) is 1. The first kappa shape index (κ1) is 14.4. The molecule has 0 aliphatic rings. The Labute approximate surface area is 124 Å². The van der Waals surface area contributed by atoms with Gasteiger partial charge in [-0.15, -0.1) is 0 Å². The van der Waals surface area contributed by atoms with Crippen LogP contribution in [0.4, 0.5) is 5.69 Å². The van der Waals surface area contributed by atoms with Crippen LogP contribution in [0.2, 0.25) is 5.02 Å². The maximum absolute atomic E-state index is 12.2. The lowest BCUT2D eigenvalue weighted by molar-refractivity contribution is -0.129. The molecule has 0 aliphatic carbocycles. The maximum Gasteiger partial charge on any atom is 0.227 e. The fourth-order valence-electron chi connectivity index (χ4n) is 2.01. The number of amides is 1. The molecule has 0 spiro atoms. The predicted molar refractivity (Wildman–Crippen MR) is 82.5 cm³/mol. The quantitative estimate of drug-likeness (QED) is 0.879. The number of nitrogens with two attached hydrogens (primary N) is 1. The molecule has 0 saturated carbocycles. The van der Waals surface area contributed by atoms with E-state index in [-0.39, 0.29) is 5.91 Å². The second-order valence-corrected chi connectivity index (χ2v) is 5.24. The Morgan fingerprint density at radius 2 is 1.85 bits per heavy atom. The summed E-state index contributed by atoms with van der Waals surface area (Å²) in [6.07, 6.45) is 0.349. The van der Waals surface area contributed by atoms with Crippen LogP contribution >= 0.6 is 11.6 Å². The standard InChI is InChI=1S/C16H17ClN2O/c1-19(11-13-5-2-6-14(17)8-13)16(20)10-12-4-3-7-15(18)9-12/h2-9H,10-11,18H2,1H3. The summed E-state index contributed by atoms with van der Waals surface area (Å²) in [6, 6.07) is 14.9. The average molecular weight is 289 g/mol. The van der Waals surface area contributed by atoms with Crippen molar-refractivity contribution in [1.29, 1.82) is 0 Å². The van der Waals surface area contributed by atoms with Crippen molar-refractivity contribution in [2.45, 2.75) is 13.0 Å². The third-order valence-corrected chi connectivity index (χ3v) is 3.28. The molecule has 2 rings (SSSR count). The highest BCUT2D eigenvalue weighted by Crippen LogP contribution is 2.13. The van der Waals surface area contributed by atoms with Crippen LogP contribution in [0.5, 0.6) is 0 Å². The van der Waals surface area contributed by atoms with Crippen LogP contribution < -0.4 is 5.73 Å². The van der Waals surface area contributed by atoms with Gasteiger partial charge in [0.1, 0.15) is 0 Å². The summed E-state index contributed by atoms with van der Waals surface area (Å²) >= 11 is 5.94. The molecule has 0 saturated heterocycles. The number of carbonyl (C=O) groups is 1. The minimum Gasteiger partial charge on any atom is -0.399 e. The van der Waals surface area contributed by atoms with Gasteiger partial charge in [-0.3, -0.25) is 4.79 Å². The van der Waals surface area contributed by atoms with E-state index in [9.17, 15) is 4.79 Å². The van der Waals surface area contributed by atoms with Crippen molar-refractivity contribution in [2.24, 2.45) is 0 Å². The van der Waals surface area contributed by atoms with Gasteiger partial charge in [-0.25, -0.2) is 0 Å². The molecule has 2 aromatic carbocycles. The zero-order valence-electron chi connectivity index (χ0n) is 11.3. The van der Waals surface area contributed by atoms with E-state index in [0.29, 0.717) is 23.7 Å². The van der Waals surface area contributed by atoms with Crippen LogP contribution in [0.15, 0.2) is 48.5 Å². The second-order valence-electron chi connectivity index (χ2n) is 4.80. The number of halogens is 1. The second kappa shape index (κ2) is 6.44. The monoisotopic (exact) mass is 288 g/mol. The van der Waals surface area contributed by atoms with Crippen LogP contribution in [0.1, 0.15) is 11.1 Å². The molecular formula is C16H17ClN2O. The molecule has 20 heavy (non-hydrogen) atoms. The van der Waals surface area contributed by atoms with Gasteiger partial charge in [0.2, 0.25) is 5.91 Å². The Hall–Kier alpha value is -2.00. The fourth-order valence-corrected chi connectivity index (χ4v) is 2.22. The van der Waals surface area contributed by atoms with Crippen LogP contribution in [-0.4, -0.2) is 17.9 Å². The topological polar surface area (TPSA) is 46.3 Å². The number of anilines is 1. The molecule has 1 amide bonds. The highest BCUT2D eigenvalue weighted by molar-refractivity contribution is 6.30. The van der Waals surface area contributed by atoms with E-state index in [4.69, 9.17) is 17.3 Å². The number of nitrogen functional groups attached to an aromatic ring is 1. The van der Waals surface area contributed by atoms with Crippen LogP contribution in [0.3, 0.4) is 0 Å². The van der Waals surface area contributed by atoms with Crippen molar-refractivity contribution in [1.82, 2.24) is 4.90 Å². The number of rotatable bonds is 4. The lowest BCUT2D eigenvalue weighted by atomic mass is 10.1. The molecule has 2 aromatic rings. The van der Waals surface area contributed by atoms with Crippen molar-refractivity contribution in [3.05, 3.63) is 64.7 Å². The van der Waals surface area contributed by atoms with Gasteiger partial charge in [-0.1, -0.05) is 35.9 Å². The Morgan fingerprint density at radius 1 is 1.15 bits per heavy atom. The minimum atomic E-state index is 0.0515. The van der Waals surface area contributed by atoms with Gasteiger partial charge in [0, 0.05) is 24.3 Å². The molecule has 0 aliphatic heterocycles. The number of hydrogen-bond acceptors (Lipinski definition) is 2. The summed E-state index contributed by atoms with van der Waals surface area (Å²) in [5.74, 6) is 0.0515. The average Bonchev–Trinajstić information content (AvgIpc) is 2.38. The molecule has 0 fully saturated rings. The number of nitrogens with zero attached hydrogens (tertiary/aromatic N) is 1. The first-order valence-electron chi connectivity index (χ1n) is 6.37. The van der Waals surface area contributed by atoms with E-state index in [1.165, 1.54) is 0 Å². The van der Waals surface area contributed by atoms with Gasteiger partial charge in [0.25, 0.3) is 0 Å². The zero-order chi connectivity index (χ0) is 14.5. The van der Waals surface area contributed by atoms with Crippen LogP contribution in [0, 0.1) is 0 Å². The molecule has 0 atom stereocenters. The molecule has 0 heterocycles. The van der Waals surface area contributed by atoms with E-state index in [0.717, 1.165) is 11.1 Å². The molecule has 0 aromatic heterocycles. The van der Waals surface area contributed by atoms with Crippen molar-refractivity contribution in [3.8, 4) is 0 Å². The minimum absolute atomic E-state index is 0.0515. The Kier molecular flexibility index (Phi) is 4.64. The van der Waals surface area contributed by atoms with E-state index in [1.807, 2.05) is 48.5 Å². The molecule has 0 radical (unpaired) electrons. The normalized spacial score (nSPS) is 10.3. The van der Waals surface area contributed by atoms with E-state index in [1.54, 1.807) is 11.9 Å². The lowest BCUT2D eigenvalue weighted by Crippen LogP contribution is -2.27. The Bertz CT molecular complexity index is 613. The van der Waals surface area contributed by atoms with E-state index in [2.05, 4.69) is 0 Å². The highest BCUT2D eigenvalue weighted by atomic mass is 35.5. The van der Waals surface area contributed by atoms with Crippen molar-refractivity contribution >= 4 is 23.2 Å². The van der Waals surface area contributed by atoms with Gasteiger partial charge >= 0.3 is 0 Å². The molecule has 4 heteroatoms.